The average molecular weight is 533 g/mol. The van der Waals surface area contributed by atoms with Crippen LogP contribution in [0.4, 0.5) is 0 Å². The first-order chi connectivity index (χ1) is 17.7. The van der Waals surface area contributed by atoms with Crippen LogP contribution in [-0.2, 0) is 35.2 Å². The van der Waals surface area contributed by atoms with E-state index in [9.17, 15) is 33.9 Å². The number of nitrogens with zero attached hydrogens (tertiary/aromatic N) is 2. The highest BCUT2D eigenvalue weighted by Crippen LogP contribution is 2.12. The standard InChI is InChI=1S/C24H32N6O8/c1-11(2)18(28-22(35)17(27-14(5)32)10-15-6-8-16(33)9-7-15)23(36)26-12(3)21(34)29-19(13(4)31)20(30-25)24(37)38/h6-9,11-12,17-19,33H,10H2,1-5H3,(H,26,36)(H,27,32)(H,28,35)(H,29,34)(H,37,38)/t12-,17-,18-,19?/m0/s1. The number of phenolic OH excluding ortho intramolecular Hbond substituents is 1. The lowest BCUT2D eigenvalue weighted by Crippen LogP contribution is -2.59. The van der Waals surface area contributed by atoms with Gasteiger partial charge in [0.05, 0.1) is 0 Å². The van der Waals surface area contributed by atoms with Gasteiger partial charge in [-0.05, 0) is 37.5 Å². The fraction of sp³-hybridized carbons (Fsp3) is 0.458. The second kappa shape index (κ2) is 14.2. The normalized spacial score (nSPS) is 13.6. The van der Waals surface area contributed by atoms with Crippen molar-refractivity contribution in [1.82, 2.24) is 21.3 Å². The molecule has 0 fully saturated rings. The Morgan fingerprint density at radius 3 is 1.89 bits per heavy atom. The lowest BCUT2D eigenvalue weighted by molar-refractivity contribution is -0.137. The summed E-state index contributed by atoms with van der Waals surface area (Å²) in [5.41, 5.74) is 8.52. The Bertz CT molecular complexity index is 1130. The Kier molecular flexibility index (Phi) is 11.8. The molecule has 1 aromatic carbocycles. The van der Waals surface area contributed by atoms with Crippen LogP contribution in [0, 0.1) is 5.92 Å². The van der Waals surface area contributed by atoms with E-state index < -0.39 is 71.2 Å². The summed E-state index contributed by atoms with van der Waals surface area (Å²) in [6.45, 7) is 6.77. The summed E-state index contributed by atoms with van der Waals surface area (Å²) in [7, 11) is 0. The molecule has 0 bridgehead atoms. The number of carboxylic acids is 1. The van der Waals surface area contributed by atoms with Crippen molar-refractivity contribution in [3.05, 3.63) is 35.4 Å². The zero-order valence-corrected chi connectivity index (χ0v) is 21.6. The monoisotopic (exact) mass is 532 g/mol. The van der Waals surface area contributed by atoms with Crippen molar-refractivity contribution < 1.29 is 43.8 Å². The van der Waals surface area contributed by atoms with Crippen LogP contribution in [0.1, 0.15) is 40.2 Å². The Hall–Kier alpha value is -4.58. The summed E-state index contributed by atoms with van der Waals surface area (Å²) in [4.78, 5) is 75.7. The molecule has 6 N–H and O–H groups in total. The maximum absolute atomic E-state index is 13.0. The summed E-state index contributed by atoms with van der Waals surface area (Å²) < 4.78 is 0. The van der Waals surface area contributed by atoms with Gasteiger partial charge < -0.3 is 37.0 Å². The lowest BCUT2D eigenvalue weighted by atomic mass is 10.0. The van der Waals surface area contributed by atoms with Gasteiger partial charge in [-0.25, -0.2) is 4.79 Å². The van der Waals surface area contributed by atoms with Crippen LogP contribution in [0.25, 0.3) is 5.53 Å². The number of Topliss-reactive ketones (excluding diaryl/α,β-unsaturated/α-hetero) is 1. The van der Waals surface area contributed by atoms with Crippen molar-refractivity contribution in [1.29, 1.82) is 0 Å². The molecule has 4 amide bonds. The van der Waals surface area contributed by atoms with Crippen LogP contribution < -0.4 is 21.3 Å². The fourth-order valence-corrected chi connectivity index (χ4v) is 3.33. The summed E-state index contributed by atoms with van der Waals surface area (Å²) in [5.74, 6) is -5.82. The minimum absolute atomic E-state index is 0.0291. The molecule has 1 rings (SSSR count). The number of nitrogens with one attached hydrogen (secondary N) is 4. The zero-order valence-electron chi connectivity index (χ0n) is 21.6. The Labute approximate surface area is 218 Å². The van der Waals surface area contributed by atoms with Gasteiger partial charge >= 0.3 is 11.7 Å². The predicted octanol–water partition coefficient (Wildman–Crippen LogP) is -1.09. The molecule has 0 spiro atoms. The topological polar surface area (TPSA) is 227 Å². The van der Waals surface area contributed by atoms with E-state index in [-0.39, 0.29) is 12.2 Å². The minimum Gasteiger partial charge on any atom is -0.508 e. The average Bonchev–Trinajstić information content (AvgIpc) is 2.81. The van der Waals surface area contributed by atoms with Gasteiger partial charge in [0.2, 0.25) is 23.6 Å². The van der Waals surface area contributed by atoms with E-state index in [1.165, 1.54) is 26.0 Å². The van der Waals surface area contributed by atoms with E-state index in [0.717, 1.165) is 6.92 Å². The van der Waals surface area contributed by atoms with Gasteiger partial charge in [0, 0.05) is 13.3 Å². The number of hydrogen-bond donors (Lipinski definition) is 6. The maximum Gasteiger partial charge on any atom is 0.417 e. The Morgan fingerprint density at radius 2 is 1.45 bits per heavy atom. The molecular formula is C24H32N6O8. The molecule has 1 unspecified atom stereocenters. The lowest BCUT2D eigenvalue weighted by Gasteiger charge is -2.26. The number of aromatic hydroxyl groups is 1. The first kappa shape index (κ1) is 31.4. The first-order valence-corrected chi connectivity index (χ1v) is 11.6. The third-order valence-corrected chi connectivity index (χ3v) is 5.36. The van der Waals surface area contributed by atoms with Crippen LogP contribution in [0.5, 0.6) is 5.75 Å². The molecule has 0 saturated carbocycles. The third kappa shape index (κ3) is 9.47. The van der Waals surface area contributed by atoms with Gasteiger partial charge in [0.1, 0.15) is 23.9 Å². The number of carboxylic acid groups (broad SMARTS) is 1. The summed E-state index contributed by atoms with van der Waals surface area (Å²) in [6.07, 6.45) is 0.0711. The second-order valence-corrected chi connectivity index (χ2v) is 8.93. The van der Waals surface area contributed by atoms with E-state index in [0.29, 0.717) is 5.56 Å². The molecule has 38 heavy (non-hydrogen) atoms. The van der Waals surface area contributed by atoms with Gasteiger partial charge in [0.25, 0.3) is 0 Å². The van der Waals surface area contributed by atoms with E-state index >= 15 is 0 Å². The van der Waals surface area contributed by atoms with Gasteiger partial charge in [-0.3, -0.25) is 24.0 Å². The highest BCUT2D eigenvalue weighted by molar-refractivity contribution is 6.40. The third-order valence-electron chi connectivity index (χ3n) is 5.36. The van der Waals surface area contributed by atoms with Crippen LogP contribution >= 0.6 is 0 Å². The number of phenols is 1. The van der Waals surface area contributed by atoms with Crippen molar-refractivity contribution in [2.75, 3.05) is 0 Å². The molecule has 0 aliphatic heterocycles. The molecule has 206 valence electrons. The van der Waals surface area contributed by atoms with Crippen LogP contribution in [-0.4, -0.2) is 80.3 Å². The van der Waals surface area contributed by atoms with Crippen molar-refractivity contribution in [2.45, 2.75) is 65.2 Å². The van der Waals surface area contributed by atoms with Gasteiger partial charge in [0.15, 0.2) is 11.8 Å². The fourth-order valence-electron chi connectivity index (χ4n) is 3.33. The number of ketones is 1. The smallest absolute Gasteiger partial charge is 0.417 e. The number of carbonyl (C=O) groups excluding carboxylic acids is 5. The van der Waals surface area contributed by atoms with Crippen molar-refractivity contribution >= 4 is 41.1 Å². The van der Waals surface area contributed by atoms with Crippen LogP contribution in [0.3, 0.4) is 0 Å². The van der Waals surface area contributed by atoms with E-state index in [4.69, 9.17) is 10.6 Å². The number of carbonyl (C=O) groups is 6. The largest absolute Gasteiger partial charge is 0.508 e. The van der Waals surface area contributed by atoms with Crippen molar-refractivity contribution in [2.24, 2.45) is 5.92 Å². The summed E-state index contributed by atoms with van der Waals surface area (Å²) in [5, 5.41) is 28.1. The van der Waals surface area contributed by atoms with Crippen LogP contribution in [0.2, 0.25) is 0 Å². The molecular weight excluding hydrogens is 500 g/mol. The minimum atomic E-state index is -1.76. The van der Waals surface area contributed by atoms with E-state index in [1.807, 2.05) is 0 Å². The molecule has 0 radical (unpaired) electrons. The molecule has 0 aliphatic carbocycles. The summed E-state index contributed by atoms with van der Waals surface area (Å²) in [6, 6.07) is 0.796. The SMILES string of the molecule is CC(=O)N[C@@H](Cc1ccc(O)cc1)C(=O)N[C@H](C(=O)N[C@@H](C)C(=O)NC(C(C)=O)C(=[N+]=[N-])C(=O)O)C(C)C. The van der Waals surface area contributed by atoms with Gasteiger partial charge in [-0.15, -0.1) is 0 Å². The Morgan fingerprint density at radius 1 is 0.868 bits per heavy atom. The zero-order chi connectivity index (χ0) is 29.2. The molecule has 4 atom stereocenters. The first-order valence-electron chi connectivity index (χ1n) is 11.6. The van der Waals surface area contributed by atoms with E-state index in [2.05, 4.69) is 26.1 Å². The quantitative estimate of drug-likeness (QED) is 0.104. The predicted molar refractivity (Wildman–Crippen MR) is 133 cm³/mol. The summed E-state index contributed by atoms with van der Waals surface area (Å²) >= 11 is 0. The number of rotatable bonds is 13. The highest BCUT2D eigenvalue weighted by Gasteiger charge is 2.37. The van der Waals surface area contributed by atoms with Gasteiger partial charge in [-0.2, -0.15) is 4.79 Å². The number of aliphatic carboxylic acids is 1. The Balaban J connectivity index is 2.99. The molecule has 0 aliphatic rings. The second-order valence-electron chi connectivity index (χ2n) is 8.93. The number of amides is 4. The molecule has 0 saturated heterocycles. The molecule has 14 heteroatoms. The van der Waals surface area contributed by atoms with Crippen molar-refractivity contribution in [3.63, 3.8) is 0 Å². The number of hydrogen-bond acceptors (Lipinski definition) is 7. The molecule has 1 aromatic rings. The van der Waals surface area contributed by atoms with Crippen LogP contribution in [0.15, 0.2) is 24.3 Å². The van der Waals surface area contributed by atoms with E-state index in [1.54, 1.807) is 26.0 Å². The maximum atomic E-state index is 13.0. The number of benzene rings is 1. The molecule has 14 nitrogen and oxygen atoms in total. The van der Waals surface area contributed by atoms with Gasteiger partial charge in [-0.1, -0.05) is 26.0 Å². The molecule has 0 aromatic heterocycles. The molecule has 0 heterocycles. The highest BCUT2D eigenvalue weighted by atomic mass is 16.4. The van der Waals surface area contributed by atoms with Crippen molar-refractivity contribution in [3.8, 4) is 5.75 Å².